The summed E-state index contributed by atoms with van der Waals surface area (Å²) in [7, 11) is 0. The Bertz CT molecular complexity index is 1490. The summed E-state index contributed by atoms with van der Waals surface area (Å²) in [5, 5.41) is 4.40. The molecule has 0 saturated carbocycles. The molecule has 0 amide bonds. The topological polar surface area (TPSA) is 39.2 Å². The van der Waals surface area contributed by atoms with Gasteiger partial charge >= 0.3 is 0 Å². The molecule has 3 nitrogen and oxygen atoms in total. The van der Waals surface area contributed by atoms with E-state index in [1.165, 1.54) is 5.56 Å². The van der Waals surface area contributed by atoms with E-state index in [4.69, 9.17) is 8.83 Å². The van der Waals surface area contributed by atoms with Gasteiger partial charge in [0.2, 0.25) is 5.71 Å². The molecule has 0 aliphatic carbocycles. The Morgan fingerprint density at radius 2 is 1.37 bits per heavy atom. The van der Waals surface area contributed by atoms with E-state index < -0.39 is 0 Å². The lowest BCUT2D eigenvalue weighted by Crippen LogP contribution is -1.81. The molecule has 0 unspecified atom stereocenters. The molecule has 6 rings (SSSR count). The molecule has 0 saturated heterocycles. The lowest BCUT2D eigenvalue weighted by Gasteiger charge is -2.02. The lowest BCUT2D eigenvalue weighted by molar-refractivity contribution is 0.654. The molecule has 3 heterocycles. The van der Waals surface area contributed by atoms with Crippen molar-refractivity contribution in [1.29, 1.82) is 0 Å². The van der Waals surface area contributed by atoms with Gasteiger partial charge in [0.05, 0.1) is 0 Å². The third-order valence-corrected chi connectivity index (χ3v) is 5.19. The molecule has 0 bridgehead atoms. The van der Waals surface area contributed by atoms with Crippen LogP contribution in [0.3, 0.4) is 0 Å². The standard InChI is InChI=1S/C24H15NO2/c1-14-6-8-23-18(10-14)20-12-16(13-25-24(20)27-23)15-7-9-22-19(11-15)17-4-2-3-5-21(17)26-22/h2-13H,1H3. The van der Waals surface area contributed by atoms with Crippen LogP contribution in [0, 0.1) is 6.92 Å². The SMILES string of the molecule is Cc1ccc2oc3ncc(-c4ccc5oc6ccccc6c5c4)cc3c2c1. The van der Waals surface area contributed by atoms with Gasteiger partial charge in [0.25, 0.3) is 0 Å². The molecular formula is C24H15NO2. The Morgan fingerprint density at radius 3 is 2.33 bits per heavy atom. The second kappa shape index (κ2) is 5.21. The Kier molecular flexibility index (Phi) is 2.81. The Hall–Kier alpha value is -3.59. The van der Waals surface area contributed by atoms with E-state index in [-0.39, 0.29) is 0 Å². The van der Waals surface area contributed by atoms with Crippen LogP contribution in [0.4, 0.5) is 0 Å². The number of aryl methyl sites for hydroxylation is 1. The van der Waals surface area contributed by atoms with Crippen molar-refractivity contribution in [3.05, 3.63) is 78.5 Å². The number of pyridine rings is 1. The van der Waals surface area contributed by atoms with Crippen LogP contribution in [-0.4, -0.2) is 4.98 Å². The zero-order chi connectivity index (χ0) is 18.0. The molecule has 0 aliphatic rings. The fourth-order valence-electron chi connectivity index (χ4n) is 3.84. The third-order valence-electron chi connectivity index (χ3n) is 5.19. The van der Waals surface area contributed by atoms with Gasteiger partial charge in [0.15, 0.2) is 0 Å². The summed E-state index contributed by atoms with van der Waals surface area (Å²) in [6.45, 7) is 2.09. The predicted molar refractivity (Wildman–Crippen MR) is 109 cm³/mol. The van der Waals surface area contributed by atoms with Gasteiger partial charge in [-0.25, -0.2) is 4.98 Å². The summed E-state index contributed by atoms with van der Waals surface area (Å²) in [6, 6.07) is 22.8. The number of rotatable bonds is 1. The van der Waals surface area contributed by atoms with Gasteiger partial charge in [-0.2, -0.15) is 0 Å². The zero-order valence-corrected chi connectivity index (χ0v) is 14.7. The molecule has 0 fully saturated rings. The minimum absolute atomic E-state index is 0.675. The minimum Gasteiger partial charge on any atom is -0.456 e. The molecule has 0 radical (unpaired) electrons. The van der Waals surface area contributed by atoms with Crippen molar-refractivity contribution in [3.8, 4) is 11.1 Å². The van der Waals surface area contributed by atoms with Crippen LogP contribution in [0.15, 0.2) is 81.8 Å². The third kappa shape index (κ3) is 2.12. The van der Waals surface area contributed by atoms with Gasteiger partial charge in [0.1, 0.15) is 16.7 Å². The summed E-state index contributed by atoms with van der Waals surface area (Å²) in [6.07, 6.45) is 1.88. The van der Waals surface area contributed by atoms with Gasteiger partial charge in [-0.1, -0.05) is 35.9 Å². The van der Waals surface area contributed by atoms with Gasteiger partial charge in [-0.05, 0) is 48.9 Å². The smallest absolute Gasteiger partial charge is 0.227 e. The summed E-state index contributed by atoms with van der Waals surface area (Å²) in [5.41, 5.74) is 6.75. The molecule has 0 atom stereocenters. The molecular weight excluding hydrogens is 334 g/mol. The van der Waals surface area contributed by atoms with E-state index in [0.29, 0.717) is 5.71 Å². The highest BCUT2D eigenvalue weighted by Gasteiger charge is 2.12. The van der Waals surface area contributed by atoms with Crippen molar-refractivity contribution >= 4 is 44.0 Å². The molecule has 0 aliphatic heterocycles. The first kappa shape index (κ1) is 14.6. The van der Waals surface area contributed by atoms with Crippen molar-refractivity contribution in [2.45, 2.75) is 6.92 Å². The Labute approximate surface area is 154 Å². The van der Waals surface area contributed by atoms with Crippen LogP contribution < -0.4 is 0 Å². The Balaban J connectivity index is 1.61. The lowest BCUT2D eigenvalue weighted by atomic mass is 10.0. The van der Waals surface area contributed by atoms with Crippen LogP contribution in [-0.2, 0) is 0 Å². The van der Waals surface area contributed by atoms with Crippen LogP contribution in [0.1, 0.15) is 5.56 Å². The number of para-hydroxylation sites is 1. The average molecular weight is 349 g/mol. The number of hydrogen-bond acceptors (Lipinski definition) is 3. The van der Waals surface area contributed by atoms with Crippen LogP contribution in [0.5, 0.6) is 0 Å². The monoisotopic (exact) mass is 349 g/mol. The maximum Gasteiger partial charge on any atom is 0.227 e. The summed E-state index contributed by atoms with van der Waals surface area (Å²) < 4.78 is 11.8. The second-order valence-electron chi connectivity index (χ2n) is 6.99. The highest BCUT2D eigenvalue weighted by atomic mass is 16.3. The largest absolute Gasteiger partial charge is 0.456 e. The van der Waals surface area contributed by atoms with Gasteiger partial charge in [-0.15, -0.1) is 0 Å². The van der Waals surface area contributed by atoms with Gasteiger partial charge in [0, 0.05) is 33.3 Å². The maximum absolute atomic E-state index is 5.94. The van der Waals surface area contributed by atoms with Crippen molar-refractivity contribution in [3.63, 3.8) is 0 Å². The van der Waals surface area contributed by atoms with Gasteiger partial charge in [-0.3, -0.25) is 0 Å². The first-order chi connectivity index (χ1) is 13.3. The van der Waals surface area contributed by atoms with Crippen LogP contribution >= 0.6 is 0 Å². The summed E-state index contributed by atoms with van der Waals surface area (Å²) in [4.78, 5) is 4.56. The first-order valence-corrected chi connectivity index (χ1v) is 8.97. The molecule has 6 aromatic rings. The minimum atomic E-state index is 0.675. The summed E-state index contributed by atoms with van der Waals surface area (Å²) in [5.74, 6) is 0. The van der Waals surface area contributed by atoms with E-state index in [2.05, 4.69) is 48.3 Å². The molecule has 0 spiro atoms. The fraction of sp³-hybridized carbons (Fsp3) is 0.0417. The van der Waals surface area contributed by atoms with E-state index >= 15 is 0 Å². The number of fused-ring (bicyclic) bond motifs is 6. The molecule has 3 heteroatoms. The zero-order valence-electron chi connectivity index (χ0n) is 14.7. The first-order valence-electron chi connectivity index (χ1n) is 8.97. The van der Waals surface area contributed by atoms with E-state index in [1.54, 1.807) is 0 Å². The van der Waals surface area contributed by atoms with Crippen molar-refractivity contribution in [2.24, 2.45) is 0 Å². The fourth-order valence-corrected chi connectivity index (χ4v) is 3.84. The molecule has 3 aromatic carbocycles. The highest BCUT2D eigenvalue weighted by Crippen LogP contribution is 2.34. The van der Waals surface area contributed by atoms with Crippen molar-refractivity contribution in [1.82, 2.24) is 4.98 Å². The molecule has 0 N–H and O–H groups in total. The quantitative estimate of drug-likeness (QED) is 0.326. The molecule has 27 heavy (non-hydrogen) atoms. The number of benzene rings is 3. The highest BCUT2D eigenvalue weighted by molar-refractivity contribution is 6.07. The van der Waals surface area contributed by atoms with E-state index in [0.717, 1.165) is 49.4 Å². The number of furan rings is 2. The van der Waals surface area contributed by atoms with Gasteiger partial charge < -0.3 is 8.83 Å². The van der Waals surface area contributed by atoms with Crippen molar-refractivity contribution in [2.75, 3.05) is 0 Å². The molecule has 128 valence electrons. The Morgan fingerprint density at radius 1 is 0.630 bits per heavy atom. The molecule has 3 aromatic heterocycles. The van der Waals surface area contributed by atoms with Crippen LogP contribution in [0.2, 0.25) is 0 Å². The number of aromatic nitrogens is 1. The number of hydrogen-bond donors (Lipinski definition) is 0. The van der Waals surface area contributed by atoms with E-state index in [1.807, 2.05) is 36.5 Å². The van der Waals surface area contributed by atoms with Crippen molar-refractivity contribution < 1.29 is 8.83 Å². The maximum atomic E-state index is 5.94. The van der Waals surface area contributed by atoms with E-state index in [9.17, 15) is 0 Å². The summed E-state index contributed by atoms with van der Waals surface area (Å²) >= 11 is 0. The number of nitrogens with zero attached hydrogens (tertiary/aromatic N) is 1. The second-order valence-corrected chi connectivity index (χ2v) is 6.99. The predicted octanol–water partition coefficient (Wildman–Crippen LogP) is 6.86. The van der Waals surface area contributed by atoms with Crippen LogP contribution in [0.25, 0.3) is 55.1 Å². The average Bonchev–Trinajstić information content (AvgIpc) is 3.25. The normalized spacial score (nSPS) is 11.9.